The Hall–Kier alpha value is -1.42. The first-order chi connectivity index (χ1) is 6.74. The summed E-state index contributed by atoms with van der Waals surface area (Å²) < 4.78 is 15.0. The Kier molecular flexibility index (Phi) is 2.21. The number of nitrogens with two attached hydrogens (primary N) is 1. The number of halogens is 1. The second-order valence-corrected chi connectivity index (χ2v) is 3.24. The number of fused-ring (bicyclic) bond motifs is 1. The Morgan fingerprint density at radius 3 is 3.00 bits per heavy atom. The van der Waals surface area contributed by atoms with Gasteiger partial charge in [0.25, 0.3) is 0 Å². The van der Waals surface area contributed by atoms with Gasteiger partial charge in [-0.05, 0) is 12.6 Å². The van der Waals surface area contributed by atoms with Crippen molar-refractivity contribution in [2.24, 2.45) is 12.8 Å². The molecule has 0 radical (unpaired) electrons. The van der Waals surface area contributed by atoms with Crippen molar-refractivity contribution in [2.45, 2.75) is 6.42 Å². The largest absolute Gasteiger partial charge is 0.330 e. The van der Waals surface area contributed by atoms with E-state index in [-0.39, 0.29) is 5.82 Å². The van der Waals surface area contributed by atoms with Gasteiger partial charge in [-0.1, -0.05) is 12.1 Å². The molecule has 14 heavy (non-hydrogen) atoms. The SMILES string of the molecule is Cn1nc2c(F)cccc2c1CCN. The van der Waals surface area contributed by atoms with Crippen LogP contribution in [0.25, 0.3) is 10.9 Å². The molecule has 2 aromatic rings. The van der Waals surface area contributed by atoms with Crippen LogP contribution in [0, 0.1) is 5.82 Å². The number of nitrogens with zero attached hydrogens (tertiary/aromatic N) is 2. The van der Waals surface area contributed by atoms with Crippen LogP contribution < -0.4 is 5.73 Å². The summed E-state index contributed by atoms with van der Waals surface area (Å²) in [6, 6.07) is 4.98. The second-order valence-electron chi connectivity index (χ2n) is 3.24. The van der Waals surface area contributed by atoms with Crippen molar-refractivity contribution in [3.8, 4) is 0 Å². The van der Waals surface area contributed by atoms with E-state index in [1.54, 1.807) is 10.7 Å². The first kappa shape index (κ1) is 9.15. The zero-order chi connectivity index (χ0) is 10.1. The van der Waals surface area contributed by atoms with Crippen molar-refractivity contribution in [2.75, 3.05) is 6.54 Å². The second kappa shape index (κ2) is 3.38. The normalized spacial score (nSPS) is 11.1. The van der Waals surface area contributed by atoms with Crippen LogP contribution in [0.1, 0.15) is 5.69 Å². The smallest absolute Gasteiger partial charge is 0.151 e. The van der Waals surface area contributed by atoms with E-state index in [0.29, 0.717) is 12.1 Å². The summed E-state index contributed by atoms with van der Waals surface area (Å²) in [5, 5.41) is 4.98. The topological polar surface area (TPSA) is 43.8 Å². The molecule has 0 aliphatic carbocycles. The summed E-state index contributed by atoms with van der Waals surface area (Å²) in [6.45, 7) is 0.547. The Balaban J connectivity index is 2.70. The standard InChI is InChI=1S/C10H12FN3/c1-14-9(5-6-12)7-3-2-4-8(11)10(7)13-14/h2-4H,5-6,12H2,1H3. The lowest BCUT2D eigenvalue weighted by Gasteiger charge is -1.98. The van der Waals surface area contributed by atoms with Crippen LogP contribution in [0.4, 0.5) is 4.39 Å². The van der Waals surface area contributed by atoms with Crippen molar-refractivity contribution in [3.63, 3.8) is 0 Å². The van der Waals surface area contributed by atoms with Crippen molar-refractivity contribution in [1.82, 2.24) is 9.78 Å². The van der Waals surface area contributed by atoms with E-state index < -0.39 is 0 Å². The van der Waals surface area contributed by atoms with Gasteiger partial charge in [-0.2, -0.15) is 5.10 Å². The molecular weight excluding hydrogens is 181 g/mol. The minimum atomic E-state index is -0.277. The molecule has 0 aliphatic rings. The molecule has 0 aliphatic heterocycles. The fourth-order valence-corrected chi connectivity index (χ4v) is 1.67. The number of rotatable bonds is 2. The Labute approximate surface area is 81.3 Å². The van der Waals surface area contributed by atoms with Crippen LogP contribution in [0.15, 0.2) is 18.2 Å². The average Bonchev–Trinajstić information content (AvgIpc) is 2.47. The fourth-order valence-electron chi connectivity index (χ4n) is 1.67. The van der Waals surface area contributed by atoms with E-state index in [2.05, 4.69) is 5.10 Å². The van der Waals surface area contributed by atoms with Gasteiger partial charge < -0.3 is 5.73 Å². The van der Waals surface area contributed by atoms with Crippen LogP contribution in [0.3, 0.4) is 0 Å². The summed E-state index contributed by atoms with van der Waals surface area (Å²) >= 11 is 0. The van der Waals surface area contributed by atoms with Crippen LogP contribution in [0.5, 0.6) is 0 Å². The van der Waals surface area contributed by atoms with Gasteiger partial charge in [0.1, 0.15) is 5.52 Å². The van der Waals surface area contributed by atoms with Crippen LogP contribution >= 0.6 is 0 Å². The molecule has 74 valence electrons. The Bertz CT molecular complexity index is 462. The van der Waals surface area contributed by atoms with Crippen molar-refractivity contribution in [3.05, 3.63) is 29.7 Å². The highest BCUT2D eigenvalue weighted by atomic mass is 19.1. The predicted molar refractivity (Wildman–Crippen MR) is 53.4 cm³/mol. The molecule has 3 nitrogen and oxygen atoms in total. The molecule has 0 amide bonds. The molecule has 2 rings (SSSR count). The molecule has 1 heterocycles. The minimum absolute atomic E-state index is 0.277. The quantitative estimate of drug-likeness (QED) is 0.779. The van der Waals surface area contributed by atoms with Crippen LogP contribution in [-0.4, -0.2) is 16.3 Å². The molecule has 1 aromatic carbocycles. The van der Waals surface area contributed by atoms with E-state index in [4.69, 9.17) is 5.73 Å². The molecule has 0 spiro atoms. The fraction of sp³-hybridized carbons (Fsp3) is 0.300. The minimum Gasteiger partial charge on any atom is -0.330 e. The zero-order valence-corrected chi connectivity index (χ0v) is 8.00. The summed E-state index contributed by atoms with van der Waals surface area (Å²) in [5.74, 6) is -0.277. The van der Waals surface area contributed by atoms with Gasteiger partial charge in [0.2, 0.25) is 0 Å². The van der Waals surface area contributed by atoms with E-state index >= 15 is 0 Å². The maximum Gasteiger partial charge on any atom is 0.151 e. The Morgan fingerprint density at radius 2 is 2.29 bits per heavy atom. The highest BCUT2D eigenvalue weighted by molar-refractivity contribution is 5.82. The molecule has 0 saturated heterocycles. The molecule has 0 saturated carbocycles. The summed E-state index contributed by atoms with van der Waals surface area (Å²) in [4.78, 5) is 0. The van der Waals surface area contributed by atoms with Crippen LogP contribution in [0.2, 0.25) is 0 Å². The van der Waals surface area contributed by atoms with Gasteiger partial charge in [0.05, 0.1) is 0 Å². The third-order valence-electron chi connectivity index (χ3n) is 2.32. The van der Waals surface area contributed by atoms with Gasteiger partial charge in [-0.15, -0.1) is 0 Å². The highest BCUT2D eigenvalue weighted by Crippen LogP contribution is 2.20. The van der Waals surface area contributed by atoms with Crippen molar-refractivity contribution >= 4 is 10.9 Å². The third kappa shape index (κ3) is 1.28. The molecule has 2 N–H and O–H groups in total. The summed E-state index contributed by atoms with van der Waals surface area (Å²) in [5.41, 5.74) is 6.90. The number of benzene rings is 1. The lowest BCUT2D eigenvalue weighted by atomic mass is 10.1. The monoisotopic (exact) mass is 193 g/mol. The van der Waals surface area contributed by atoms with Crippen molar-refractivity contribution in [1.29, 1.82) is 0 Å². The maximum atomic E-state index is 13.3. The first-order valence-electron chi connectivity index (χ1n) is 4.54. The molecule has 0 unspecified atom stereocenters. The first-order valence-corrected chi connectivity index (χ1v) is 4.54. The van der Waals surface area contributed by atoms with E-state index in [1.807, 2.05) is 13.1 Å². The highest BCUT2D eigenvalue weighted by Gasteiger charge is 2.10. The van der Waals surface area contributed by atoms with Gasteiger partial charge in [0.15, 0.2) is 5.82 Å². The molecule has 0 bridgehead atoms. The summed E-state index contributed by atoms with van der Waals surface area (Å²) in [6.07, 6.45) is 0.719. The van der Waals surface area contributed by atoms with Crippen LogP contribution in [-0.2, 0) is 13.5 Å². The van der Waals surface area contributed by atoms with E-state index in [9.17, 15) is 4.39 Å². The average molecular weight is 193 g/mol. The molecular formula is C10H12FN3. The molecule has 4 heteroatoms. The zero-order valence-electron chi connectivity index (χ0n) is 8.00. The lowest BCUT2D eigenvalue weighted by Crippen LogP contribution is -2.07. The van der Waals surface area contributed by atoms with Gasteiger partial charge >= 0.3 is 0 Å². The molecule has 0 fully saturated rings. The predicted octanol–water partition coefficient (Wildman–Crippen LogP) is 1.21. The van der Waals surface area contributed by atoms with Gasteiger partial charge in [-0.25, -0.2) is 4.39 Å². The van der Waals surface area contributed by atoms with Crippen molar-refractivity contribution < 1.29 is 4.39 Å². The van der Waals surface area contributed by atoms with Gasteiger partial charge in [-0.3, -0.25) is 4.68 Å². The maximum absolute atomic E-state index is 13.3. The number of aryl methyl sites for hydroxylation is 1. The molecule has 0 atom stereocenters. The van der Waals surface area contributed by atoms with Gasteiger partial charge in [0, 0.05) is 24.5 Å². The number of hydrogen-bond acceptors (Lipinski definition) is 2. The lowest BCUT2D eigenvalue weighted by molar-refractivity contribution is 0.631. The third-order valence-corrected chi connectivity index (χ3v) is 2.32. The van der Waals surface area contributed by atoms with E-state index in [0.717, 1.165) is 17.5 Å². The molecule has 1 aromatic heterocycles. The Morgan fingerprint density at radius 1 is 1.50 bits per heavy atom. The number of hydrogen-bond donors (Lipinski definition) is 1. The summed E-state index contributed by atoms with van der Waals surface area (Å²) in [7, 11) is 1.81. The number of aromatic nitrogens is 2. The van der Waals surface area contributed by atoms with E-state index in [1.165, 1.54) is 6.07 Å².